The van der Waals surface area contributed by atoms with Gasteiger partial charge in [0.2, 0.25) is 0 Å². The van der Waals surface area contributed by atoms with Gasteiger partial charge in [0, 0.05) is 37.7 Å². The first-order chi connectivity index (χ1) is 15.5. The summed E-state index contributed by atoms with van der Waals surface area (Å²) < 4.78 is 0. The fraction of sp³-hybridized carbons (Fsp3) is 0.310. The Kier molecular flexibility index (Phi) is 7.99. The molecule has 0 unspecified atom stereocenters. The number of rotatable bonds is 11. The van der Waals surface area contributed by atoms with Crippen molar-refractivity contribution in [3.05, 3.63) is 102 Å². The van der Waals surface area contributed by atoms with Crippen LogP contribution in [0.25, 0.3) is 5.57 Å². The summed E-state index contributed by atoms with van der Waals surface area (Å²) >= 11 is 0. The molecule has 3 rings (SSSR count). The van der Waals surface area contributed by atoms with Crippen molar-refractivity contribution in [2.75, 3.05) is 30.8 Å². The molecule has 0 spiro atoms. The highest BCUT2D eigenvalue weighted by Gasteiger charge is 2.18. The van der Waals surface area contributed by atoms with E-state index in [1.54, 1.807) is 0 Å². The van der Waals surface area contributed by atoms with Gasteiger partial charge in [0.05, 0.1) is 0 Å². The standard InChI is InChI=1S/C29H37N3/c1-7-9-25-11-13-26(18-29(25)30-6)31-19-21(3)20-32(8-2)17-16-24-12-15-27-22(4)10-14-28(27)23(24)5/h7-8,11-13,15,18-19,30-31H,1-2,4,9-10,14,16-17,20H2,3,5-6H3/b21-19+. The second-order valence-electron chi connectivity index (χ2n) is 8.63. The maximum Gasteiger partial charge on any atom is 0.0400 e. The molecule has 0 aliphatic heterocycles. The summed E-state index contributed by atoms with van der Waals surface area (Å²) in [5.74, 6) is 0. The van der Waals surface area contributed by atoms with Crippen LogP contribution in [0.3, 0.4) is 0 Å². The molecule has 2 aromatic carbocycles. The van der Waals surface area contributed by atoms with Gasteiger partial charge in [0.25, 0.3) is 0 Å². The molecule has 3 heteroatoms. The van der Waals surface area contributed by atoms with E-state index in [1.807, 2.05) is 19.3 Å². The Bertz CT molecular complexity index is 1030. The van der Waals surface area contributed by atoms with Crippen molar-refractivity contribution < 1.29 is 0 Å². The van der Waals surface area contributed by atoms with Crippen LogP contribution in [0.15, 0.2) is 74.1 Å². The number of benzene rings is 2. The topological polar surface area (TPSA) is 27.3 Å². The summed E-state index contributed by atoms with van der Waals surface area (Å²) in [5, 5.41) is 6.71. The summed E-state index contributed by atoms with van der Waals surface area (Å²) in [6, 6.07) is 10.9. The molecule has 0 saturated carbocycles. The molecule has 0 fully saturated rings. The zero-order valence-corrected chi connectivity index (χ0v) is 19.9. The summed E-state index contributed by atoms with van der Waals surface area (Å²) in [7, 11) is 1.95. The van der Waals surface area contributed by atoms with Gasteiger partial charge in [-0.05, 0) is 96.8 Å². The predicted octanol–water partition coefficient (Wildman–Crippen LogP) is 6.73. The van der Waals surface area contributed by atoms with Crippen LogP contribution in [-0.2, 0) is 19.3 Å². The molecule has 1 aliphatic carbocycles. The third-order valence-electron chi connectivity index (χ3n) is 6.38. The van der Waals surface area contributed by atoms with Gasteiger partial charge in [-0.1, -0.05) is 37.4 Å². The van der Waals surface area contributed by atoms with Gasteiger partial charge in [-0.15, -0.1) is 6.58 Å². The molecule has 0 aromatic heterocycles. The van der Waals surface area contributed by atoms with Crippen LogP contribution >= 0.6 is 0 Å². The number of nitrogens with one attached hydrogen (secondary N) is 2. The second kappa shape index (κ2) is 10.9. The van der Waals surface area contributed by atoms with E-state index in [2.05, 4.69) is 85.6 Å². The summed E-state index contributed by atoms with van der Waals surface area (Å²) in [5.41, 5.74) is 11.7. The van der Waals surface area contributed by atoms with E-state index in [0.29, 0.717) is 0 Å². The normalized spacial score (nSPS) is 13.0. The lowest BCUT2D eigenvalue weighted by Crippen LogP contribution is -2.22. The Morgan fingerprint density at radius 2 is 1.91 bits per heavy atom. The van der Waals surface area contributed by atoms with E-state index in [0.717, 1.165) is 50.1 Å². The number of fused-ring (bicyclic) bond motifs is 1. The average Bonchev–Trinajstić information content (AvgIpc) is 3.18. The molecular formula is C29H37N3. The Morgan fingerprint density at radius 3 is 2.62 bits per heavy atom. The van der Waals surface area contributed by atoms with Gasteiger partial charge in [-0.2, -0.15) is 0 Å². The smallest absolute Gasteiger partial charge is 0.0400 e. The Balaban J connectivity index is 1.58. The number of nitrogens with zero attached hydrogens (tertiary/aromatic N) is 1. The molecule has 32 heavy (non-hydrogen) atoms. The largest absolute Gasteiger partial charge is 0.388 e. The minimum atomic E-state index is 0.852. The van der Waals surface area contributed by atoms with Crippen molar-refractivity contribution >= 4 is 16.9 Å². The molecule has 2 aromatic rings. The zero-order valence-electron chi connectivity index (χ0n) is 19.9. The molecule has 0 heterocycles. The van der Waals surface area contributed by atoms with Gasteiger partial charge >= 0.3 is 0 Å². The average molecular weight is 428 g/mol. The highest BCUT2D eigenvalue weighted by Crippen LogP contribution is 2.34. The van der Waals surface area contributed by atoms with Gasteiger partial charge in [0.15, 0.2) is 0 Å². The lowest BCUT2D eigenvalue weighted by Gasteiger charge is -2.21. The summed E-state index contributed by atoms with van der Waals surface area (Å²) in [6.45, 7) is 18.3. The SMILES string of the molecule is C=CCc1ccc(N/C=C(\C)CN(C=C)CCc2ccc3c(c2C)CCC3=C)cc1NC. The third-order valence-corrected chi connectivity index (χ3v) is 6.38. The van der Waals surface area contributed by atoms with Crippen LogP contribution in [0.5, 0.6) is 0 Å². The van der Waals surface area contributed by atoms with Gasteiger partial charge in [-0.25, -0.2) is 0 Å². The maximum atomic E-state index is 4.21. The van der Waals surface area contributed by atoms with Crippen LogP contribution in [0, 0.1) is 6.92 Å². The number of hydrogen-bond acceptors (Lipinski definition) is 3. The van der Waals surface area contributed by atoms with Crippen LogP contribution in [-0.4, -0.2) is 25.0 Å². The van der Waals surface area contributed by atoms with Gasteiger partial charge in [-0.3, -0.25) is 0 Å². The Hall–Kier alpha value is -3.20. The van der Waals surface area contributed by atoms with Crippen LogP contribution in [0.1, 0.15) is 41.2 Å². The fourth-order valence-electron chi connectivity index (χ4n) is 4.44. The zero-order chi connectivity index (χ0) is 23.1. The number of allylic oxidation sites excluding steroid dienone is 2. The highest BCUT2D eigenvalue weighted by molar-refractivity contribution is 5.72. The molecule has 3 nitrogen and oxygen atoms in total. The monoisotopic (exact) mass is 427 g/mol. The number of hydrogen-bond donors (Lipinski definition) is 2. The first kappa shape index (κ1) is 23.5. The summed E-state index contributed by atoms with van der Waals surface area (Å²) in [6.07, 6.45) is 10.1. The molecule has 0 atom stereocenters. The van der Waals surface area contributed by atoms with Crippen LogP contribution in [0.4, 0.5) is 11.4 Å². The van der Waals surface area contributed by atoms with Crippen molar-refractivity contribution in [1.29, 1.82) is 0 Å². The van der Waals surface area contributed by atoms with Crippen molar-refractivity contribution in [1.82, 2.24) is 4.90 Å². The van der Waals surface area contributed by atoms with E-state index >= 15 is 0 Å². The van der Waals surface area contributed by atoms with Crippen molar-refractivity contribution in [3.63, 3.8) is 0 Å². The van der Waals surface area contributed by atoms with Crippen molar-refractivity contribution in [2.45, 2.75) is 39.5 Å². The molecule has 0 radical (unpaired) electrons. The molecule has 1 aliphatic rings. The van der Waals surface area contributed by atoms with Crippen molar-refractivity contribution in [3.8, 4) is 0 Å². The minimum Gasteiger partial charge on any atom is -0.388 e. The third kappa shape index (κ3) is 5.53. The second-order valence-corrected chi connectivity index (χ2v) is 8.63. The fourth-order valence-corrected chi connectivity index (χ4v) is 4.44. The molecule has 0 amide bonds. The number of anilines is 2. The minimum absolute atomic E-state index is 0.852. The highest BCUT2D eigenvalue weighted by atomic mass is 15.1. The van der Waals surface area contributed by atoms with E-state index in [9.17, 15) is 0 Å². The van der Waals surface area contributed by atoms with Crippen LogP contribution < -0.4 is 10.6 Å². The molecule has 2 N–H and O–H groups in total. The Labute approximate surface area is 194 Å². The maximum absolute atomic E-state index is 4.21. The Morgan fingerprint density at radius 1 is 1.12 bits per heavy atom. The van der Waals surface area contributed by atoms with E-state index in [4.69, 9.17) is 0 Å². The molecule has 0 bridgehead atoms. The van der Waals surface area contributed by atoms with E-state index in [-0.39, 0.29) is 0 Å². The lowest BCUT2D eigenvalue weighted by molar-refractivity contribution is 0.411. The first-order valence-electron chi connectivity index (χ1n) is 11.5. The van der Waals surface area contributed by atoms with E-state index < -0.39 is 0 Å². The lowest BCUT2D eigenvalue weighted by atomic mass is 9.96. The first-order valence-corrected chi connectivity index (χ1v) is 11.5. The molecule has 168 valence electrons. The van der Waals surface area contributed by atoms with Gasteiger partial charge < -0.3 is 15.5 Å². The van der Waals surface area contributed by atoms with Crippen molar-refractivity contribution in [2.24, 2.45) is 0 Å². The molecular weight excluding hydrogens is 390 g/mol. The molecule has 0 saturated heterocycles. The van der Waals surface area contributed by atoms with Crippen LogP contribution in [0.2, 0.25) is 0 Å². The van der Waals surface area contributed by atoms with E-state index in [1.165, 1.54) is 39.0 Å². The quantitative estimate of drug-likeness (QED) is 0.389. The predicted molar refractivity (Wildman–Crippen MR) is 141 cm³/mol. The summed E-state index contributed by atoms with van der Waals surface area (Å²) in [4.78, 5) is 2.28. The van der Waals surface area contributed by atoms with Gasteiger partial charge in [0.1, 0.15) is 0 Å².